The Balaban J connectivity index is 1.51. The van der Waals surface area contributed by atoms with Crippen LogP contribution < -0.4 is 18.9 Å². The van der Waals surface area contributed by atoms with Crippen LogP contribution >= 0.6 is 0 Å². The molecule has 1 atom stereocenters. The SMILES string of the molecule is COc1cc(CC(=O)N2CCOc3ccc(C(O)C4CCCCC4)cc3C2)cc(OC)c1OC. The van der Waals surface area contributed by atoms with Crippen molar-refractivity contribution in [3.63, 3.8) is 0 Å². The number of carbonyl (C=O) groups is 1. The maximum atomic E-state index is 13.3. The fourth-order valence-corrected chi connectivity index (χ4v) is 5.06. The van der Waals surface area contributed by atoms with E-state index in [4.69, 9.17) is 18.9 Å². The molecule has 1 fully saturated rings. The summed E-state index contributed by atoms with van der Waals surface area (Å²) in [7, 11) is 4.68. The van der Waals surface area contributed by atoms with Crippen LogP contribution in [0, 0.1) is 5.92 Å². The van der Waals surface area contributed by atoms with Crippen LogP contribution in [0.15, 0.2) is 30.3 Å². The Bertz CT molecular complexity index is 976. The van der Waals surface area contributed by atoms with Crippen LogP contribution in [0.25, 0.3) is 0 Å². The van der Waals surface area contributed by atoms with E-state index in [1.54, 1.807) is 33.5 Å². The maximum absolute atomic E-state index is 13.3. The van der Waals surface area contributed by atoms with Gasteiger partial charge in [0.1, 0.15) is 12.4 Å². The fraction of sp³-hybridized carbons (Fsp3) is 0.519. The lowest BCUT2D eigenvalue weighted by Crippen LogP contribution is -2.33. The third-order valence-corrected chi connectivity index (χ3v) is 6.93. The second-order valence-corrected chi connectivity index (χ2v) is 9.08. The lowest BCUT2D eigenvalue weighted by molar-refractivity contribution is -0.131. The van der Waals surface area contributed by atoms with Gasteiger partial charge in [0, 0.05) is 12.1 Å². The molecule has 1 unspecified atom stereocenters. The molecular weight excluding hydrogens is 434 g/mol. The van der Waals surface area contributed by atoms with Crippen molar-refractivity contribution in [2.24, 2.45) is 5.92 Å². The first-order chi connectivity index (χ1) is 16.5. The summed E-state index contributed by atoms with van der Waals surface area (Å²) in [6, 6.07) is 9.52. The number of fused-ring (bicyclic) bond motifs is 1. The highest BCUT2D eigenvalue weighted by molar-refractivity contribution is 5.79. The quantitative estimate of drug-likeness (QED) is 0.652. The molecule has 2 aromatic rings. The van der Waals surface area contributed by atoms with Crippen LogP contribution in [-0.4, -0.2) is 50.4 Å². The van der Waals surface area contributed by atoms with Gasteiger partial charge in [0.25, 0.3) is 0 Å². The molecule has 1 N–H and O–H groups in total. The zero-order valence-corrected chi connectivity index (χ0v) is 20.3. The highest BCUT2D eigenvalue weighted by atomic mass is 16.5. The summed E-state index contributed by atoms with van der Waals surface area (Å²) in [5.74, 6) is 2.62. The third-order valence-electron chi connectivity index (χ3n) is 6.93. The van der Waals surface area contributed by atoms with Gasteiger partial charge in [0.15, 0.2) is 11.5 Å². The maximum Gasteiger partial charge on any atom is 0.227 e. The van der Waals surface area contributed by atoms with Crippen molar-refractivity contribution in [2.75, 3.05) is 34.5 Å². The van der Waals surface area contributed by atoms with Crippen molar-refractivity contribution in [3.8, 4) is 23.0 Å². The van der Waals surface area contributed by atoms with Gasteiger partial charge in [-0.05, 0) is 54.2 Å². The molecule has 0 spiro atoms. The number of benzene rings is 2. The molecule has 0 bridgehead atoms. The minimum absolute atomic E-state index is 0.0102. The zero-order valence-electron chi connectivity index (χ0n) is 20.3. The molecule has 1 amide bonds. The standard InChI is InChI=1S/C27H35NO6/c1-31-23-13-18(14-24(32-2)27(23)33-3)15-25(29)28-11-12-34-22-10-9-20(16-21(22)17-28)26(30)19-7-5-4-6-8-19/h9-10,13-14,16,19,26,30H,4-8,11-12,15,17H2,1-3H3. The van der Waals surface area contributed by atoms with Crippen LogP contribution in [0.4, 0.5) is 0 Å². The lowest BCUT2D eigenvalue weighted by Gasteiger charge is -2.27. The average molecular weight is 470 g/mol. The van der Waals surface area contributed by atoms with E-state index in [0.717, 1.165) is 35.3 Å². The van der Waals surface area contributed by atoms with Crippen molar-refractivity contribution in [1.29, 1.82) is 0 Å². The van der Waals surface area contributed by atoms with Crippen molar-refractivity contribution in [2.45, 2.75) is 51.2 Å². The molecule has 34 heavy (non-hydrogen) atoms. The highest BCUT2D eigenvalue weighted by Crippen LogP contribution is 2.39. The smallest absolute Gasteiger partial charge is 0.227 e. The Hall–Kier alpha value is -2.93. The molecule has 4 rings (SSSR count). The Morgan fingerprint density at radius 2 is 1.76 bits per heavy atom. The second kappa shape index (κ2) is 11.0. The van der Waals surface area contributed by atoms with E-state index in [1.165, 1.54) is 19.3 Å². The molecule has 184 valence electrons. The third kappa shape index (κ3) is 5.25. The van der Waals surface area contributed by atoms with E-state index in [-0.39, 0.29) is 12.3 Å². The van der Waals surface area contributed by atoms with Gasteiger partial charge in [-0.15, -0.1) is 0 Å². The second-order valence-electron chi connectivity index (χ2n) is 9.08. The fourth-order valence-electron chi connectivity index (χ4n) is 5.06. The number of amides is 1. The van der Waals surface area contributed by atoms with Crippen LogP contribution in [-0.2, 0) is 17.8 Å². The van der Waals surface area contributed by atoms with Gasteiger partial charge in [0.05, 0.1) is 40.4 Å². The Labute approximate surface area is 201 Å². The number of methoxy groups -OCH3 is 3. The van der Waals surface area contributed by atoms with Gasteiger partial charge in [0.2, 0.25) is 11.7 Å². The number of ether oxygens (including phenoxy) is 4. The van der Waals surface area contributed by atoms with Gasteiger partial charge < -0.3 is 29.0 Å². The van der Waals surface area contributed by atoms with Crippen LogP contribution in [0.5, 0.6) is 23.0 Å². The largest absolute Gasteiger partial charge is 0.493 e. The Morgan fingerprint density at radius 1 is 1.06 bits per heavy atom. The van der Waals surface area contributed by atoms with Gasteiger partial charge in [-0.25, -0.2) is 0 Å². The van der Waals surface area contributed by atoms with E-state index in [0.29, 0.717) is 42.9 Å². The molecule has 0 aromatic heterocycles. The molecule has 7 heteroatoms. The number of aliphatic hydroxyl groups excluding tert-OH is 1. The predicted molar refractivity (Wildman–Crippen MR) is 129 cm³/mol. The molecule has 1 aliphatic heterocycles. The molecule has 1 aliphatic carbocycles. The van der Waals surface area contributed by atoms with Crippen molar-refractivity contribution in [1.82, 2.24) is 4.90 Å². The average Bonchev–Trinajstić information content (AvgIpc) is 3.10. The van der Waals surface area contributed by atoms with Gasteiger partial charge in [-0.1, -0.05) is 25.3 Å². The Kier molecular flexibility index (Phi) is 7.83. The number of rotatable bonds is 7. The minimum atomic E-state index is -0.475. The molecule has 0 radical (unpaired) electrons. The van der Waals surface area contributed by atoms with Crippen molar-refractivity contribution < 1.29 is 28.8 Å². The normalized spacial score (nSPS) is 17.2. The summed E-state index contributed by atoms with van der Waals surface area (Å²) in [5.41, 5.74) is 2.63. The molecule has 1 heterocycles. The van der Waals surface area contributed by atoms with E-state index in [1.807, 2.05) is 23.1 Å². The molecule has 7 nitrogen and oxygen atoms in total. The zero-order chi connectivity index (χ0) is 24.1. The van der Waals surface area contributed by atoms with Crippen LogP contribution in [0.3, 0.4) is 0 Å². The first-order valence-electron chi connectivity index (χ1n) is 12.0. The number of nitrogens with zero attached hydrogens (tertiary/aromatic N) is 1. The first kappa shape index (κ1) is 24.2. The molecule has 2 aromatic carbocycles. The summed E-state index contributed by atoms with van der Waals surface area (Å²) in [6.45, 7) is 1.38. The number of aliphatic hydroxyl groups is 1. The molecule has 1 saturated carbocycles. The van der Waals surface area contributed by atoms with Crippen molar-refractivity contribution in [3.05, 3.63) is 47.0 Å². The molecular formula is C27H35NO6. The van der Waals surface area contributed by atoms with E-state index >= 15 is 0 Å². The lowest BCUT2D eigenvalue weighted by atomic mass is 9.82. The molecule has 2 aliphatic rings. The van der Waals surface area contributed by atoms with Gasteiger partial charge in [-0.3, -0.25) is 4.79 Å². The number of carbonyl (C=O) groups excluding carboxylic acids is 1. The number of hydrogen-bond donors (Lipinski definition) is 1. The minimum Gasteiger partial charge on any atom is -0.493 e. The molecule has 0 saturated heterocycles. The van der Waals surface area contributed by atoms with Gasteiger partial charge in [-0.2, -0.15) is 0 Å². The predicted octanol–water partition coefficient (Wildman–Crippen LogP) is 4.29. The van der Waals surface area contributed by atoms with Crippen molar-refractivity contribution >= 4 is 5.91 Å². The highest BCUT2D eigenvalue weighted by Gasteiger charge is 2.26. The van der Waals surface area contributed by atoms with E-state index in [9.17, 15) is 9.90 Å². The van der Waals surface area contributed by atoms with Crippen LogP contribution in [0.1, 0.15) is 54.9 Å². The topological polar surface area (TPSA) is 77.5 Å². The number of hydrogen-bond acceptors (Lipinski definition) is 6. The summed E-state index contributed by atoms with van der Waals surface area (Å²) in [6.07, 6.45) is 5.47. The summed E-state index contributed by atoms with van der Waals surface area (Å²) < 4.78 is 22.2. The van der Waals surface area contributed by atoms with E-state index in [2.05, 4.69) is 0 Å². The van der Waals surface area contributed by atoms with E-state index < -0.39 is 6.10 Å². The summed E-state index contributed by atoms with van der Waals surface area (Å²) >= 11 is 0. The first-order valence-corrected chi connectivity index (χ1v) is 12.0. The monoisotopic (exact) mass is 469 g/mol. The van der Waals surface area contributed by atoms with Gasteiger partial charge >= 0.3 is 0 Å². The Morgan fingerprint density at radius 3 is 2.41 bits per heavy atom. The summed E-state index contributed by atoms with van der Waals surface area (Å²) in [5, 5.41) is 11.0. The summed E-state index contributed by atoms with van der Waals surface area (Å²) in [4.78, 5) is 15.1. The van der Waals surface area contributed by atoms with Crippen LogP contribution in [0.2, 0.25) is 0 Å².